The Morgan fingerprint density at radius 3 is 2.48 bits per heavy atom. The predicted octanol–water partition coefficient (Wildman–Crippen LogP) is 4.85. The number of ether oxygens (including phenoxy) is 1. The van der Waals surface area contributed by atoms with Crippen LogP contribution in [0.15, 0.2) is 42.5 Å². The maximum Gasteiger partial charge on any atom is 0.573 e. The lowest BCUT2D eigenvalue weighted by Crippen LogP contribution is -2.17. The Labute approximate surface area is 123 Å². The van der Waals surface area contributed by atoms with Crippen molar-refractivity contribution in [2.45, 2.75) is 6.36 Å². The van der Waals surface area contributed by atoms with Gasteiger partial charge in [-0.2, -0.15) is 5.26 Å². The zero-order chi connectivity index (χ0) is 15.5. The molecule has 0 amide bonds. The second-order valence-corrected chi connectivity index (χ2v) is 4.41. The number of anilines is 2. The van der Waals surface area contributed by atoms with Gasteiger partial charge in [0, 0.05) is 5.02 Å². The molecule has 0 saturated carbocycles. The van der Waals surface area contributed by atoms with Crippen LogP contribution in [-0.4, -0.2) is 6.36 Å². The van der Waals surface area contributed by atoms with Gasteiger partial charge in [-0.15, -0.1) is 13.2 Å². The van der Waals surface area contributed by atoms with Gasteiger partial charge in [0.2, 0.25) is 0 Å². The molecule has 0 spiro atoms. The highest BCUT2D eigenvalue weighted by atomic mass is 35.5. The number of para-hydroxylation sites is 2. The Morgan fingerprint density at radius 1 is 1.10 bits per heavy atom. The van der Waals surface area contributed by atoms with E-state index in [9.17, 15) is 13.2 Å². The molecule has 0 aliphatic heterocycles. The maximum atomic E-state index is 12.3. The number of hydrogen-bond donors (Lipinski definition) is 1. The Kier molecular flexibility index (Phi) is 4.24. The van der Waals surface area contributed by atoms with Gasteiger partial charge in [0.1, 0.15) is 6.07 Å². The van der Waals surface area contributed by atoms with Crippen molar-refractivity contribution in [1.82, 2.24) is 0 Å². The van der Waals surface area contributed by atoms with Crippen molar-refractivity contribution in [3.8, 4) is 11.8 Å². The lowest BCUT2D eigenvalue weighted by Gasteiger charge is -2.15. The molecule has 7 heteroatoms. The number of rotatable bonds is 3. The summed E-state index contributed by atoms with van der Waals surface area (Å²) in [7, 11) is 0. The van der Waals surface area contributed by atoms with Crippen LogP contribution in [0.3, 0.4) is 0 Å². The smallest absolute Gasteiger partial charge is 0.404 e. The lowest BCUT2D eigenvalue weighted by molar-refractivity contribution is -0.274. The average Bonchev–Trinajstić information content (AvgIpc) is 2.41. The predicted molar refractivity (Wildman–Crippen MR) is 72.6 cm³/mol. The SMILES string of the molecule is N#Cc1cc(Cl)ccc1Nc1ccccc1OC(F)(F)F. The van der Waals surface area contributed by atoms with Crippen LogP contribution in [0, 0.1) is 11.3 Å². The molecule has 21 heavy (non-hydrogen) atoms. The first-order valence-corrected chi connectivity index (χ1v) is 6.08. The third kappa shape index (κ3) is 4.04. The number of halogens is 4. The third-order valence-corrected chi connectivity index (χ3v) is 2.72. The first-order chi connectivity index (χ1) is 9.89. The molecule has 0 aliphatic rings. The number of nitrogens with one attached hydrogen (secondary N) is 1. The van der Waals surface area contributed by atoms with E-state index >= 15 is 0 Å². The minimum atomic E-state index is -4.80. The van der Waals surface area contributed by atoms with Gasteiger partial charge in [-0.3, -0.25) is 0 Å². The van der Waals surface area contributed by atoms with E-state index in [1.54, 1.807) is 6.07 Å². The van der Waals surface area contributed by atoms with Crippen LogP contribution in [0.1, 0.15) is 5.56 Å². The zero-order valence-electron chi connectivity index (χ0n) is 10.4. The topological polar surface area (TPSA) is 45.0 Å². The van der Waals surface area contributed by atoms with Crippen molar-refractivity contribution in [3.63, 3.8) is 0 Å². The Bertz CT molecular complexity index is 695. The molecule has 0 saturated heterocycles. The molecule has 1 N–H and O–H groups in total. The van der Waals surface area contributed by atoms with Crippen LogP contribution in [0.2, 0.25) is 5.02 Å². The van der Waals surface area contributed by atoms with Crippen molar-refractivity contribution < 1.29 is 17.9 Å². The van der Waals surface area contributed by atoms with Gasteiger partial charge >= 0.3 is 6.36 Å². The van der Waals surface area contributed by atoms with Crippen molar-refractivity contribution >= 4 is 23.0 Å². The molecule has 2 aromatic carbocycles. The Morgan fingerprint density at radius 2 is 1.81 bits per heavy atom. The van der Waals surface area contributed by atoms with Crippen LogP contribution in [0.25, 0.3) is 0 Å². The fourth-order valence-electron chi connectivity index (χ4n) is 1.65. The number of hydrogen-bond acceptors (Lipinski definition) is 3. The first kappa shape index (κ1) is 15.0. The minimum absolute atomic E-state index is 0.0913. The molecule has 0 fully saturated rings. The molecule has 0 unspecified atom stereocenters. The van der Waals surface area contributed by atoms with E-state index in [4.69, 9.17) is 16.9 Å². The molecule has 3 nitrogen and oxygen atoms in total. The molecule has 2 aromatic rings. The van der Waals surface area contributed by atoms with E-state index in [-0.39, 0.29) is 17.0 Å². The molecule has 2 rings (SSSR count). The van der Waals surface area contributed by atoms with Gasteiger partial charge in [-0.05, 0) is 30.3 Å². The molecule has 0 bridgehead atoms. The van der Waals surface area contributed by atoms with E-state index < -0.39 is 6.36 Å². The second kappa shape index (κ2) is 5.94. The number of benzene rings is 2. The standard InChI is InChI=1S/C14H8ClF3N2O/c15-10-5-6-11(9(7-10)8-19)20-12-3-1-2-4-13(12)21-14(16,17)18/h1-7,20H. The van der Waals surface area contributed by atoms with Crippen LogP contribution in [0.4, 0.5) is 24.5 Å². The molecule has 0 aromatic heterocycles. The van der Waals surface area contributed by atoms with Gasteiger partial charge in [0.25, 0.3) is 0 Å². The van der Waals surface area contributed by atoms with Gasteiger partial charge in [0.15, 0.2) is 5.75 Å². The van der Waals surface area contributed by atoms with E-state index in [1.165, 1.54) is 36.4 Å². The van der Waals surface area contributed by atoms with E-state index in [0.29, 0.717) is 10.7 Å². The van der Waals surface area contributed by atoms with Gasteiger partial charge in [0.05, 0.1) is 16.9 Å². The van der Waals surface area contributed by atoms with Crippen molar-refractivity contribution in [1.29, 1.82) is 5.26 Å². The molecule has 0 aliphatic carbocycles. The van der Waals surface area contributed by atoms with E-state index in [1.807, 2.05) is 6.07 Å². The highest BCUT2D eigenvalue weighted by Crippen LogP contribution is 2.33. The molecule has 0 radical (unpaired) electrons. The van der Waals surface area contributed by atoms with Gasteiger partial charge in [-0.25, -0.2) is 0 Å². The summed E-state index contributed by atoms with van der Waals surface area (Å²) in [5.74, 6) is -0.385. The molecular weight excluding hydrogens is 305 g/mol. The summed E-state index contributed by atoms with van der Waals surface area (Å²) in [5.41, 5.74) is 0.637. The normalized spacial score (nSPS) is 10.8. The quantitative estimate of drug-likeness (QED) is 0.880. The fourth-order valence-corrected chi connectivity index (χ4v) is 1.82. The average molecular weight is 313 g/mol. The monoisotopic (exact) mass is 312 g/mol. The Balaban J connectivity index is 2.35. The van der Waals surface area contributed by atoms with Crippen LogP contribution in [0.5, 0.6) is 5.75 Å². The maximum absolute atomic E-state index is 12.3. The van der Waals surface area contributed by atoms with Crippen LogP contribution < -0.4 is 10.1 Å². The van der Waals surface area contributed by atoms with Gasteiger partial charge in [-0.1, -0.05) is 23.7 Å². The summed E-state index contributed by atoms with van der Waals surface area (Å²) < 4.78 is 40.9. The fraction of sp³-hybridized carbons (Fsp3) is 0.0714. The second-order valence-electron chi connectivity index (χ2n) is 3.97. The summed E-state index contributed by atoms with van der Waals surface area (Å²) in [6.45, 7) is 0. The summed E-state index contributed by atoms with van der Waals surface area (Å²) in [5, 5.41) is 12.1. The lowest BCUT2D eigenvalue weighted by atomic mass is 10.2. The van der Waals surface area contributed by atoms with Crippen molar-refractivity contribution in [2.24, 2.45) is 0 Å². The molecule has 0 atom stereocenters. The van der Waals surface area contributed by atoms with Crippen molar-refractivity contribution in [2.75, 3.05) is 5.32 Å². The molecule has 108 valence electrons. The van der Waals surface area contributed by atoms with Crippen LogP contribution in [-0.2, 0) is 0 Å². The largest absolute Gasteiger partial charge is 0.573 e. The van der Waals surface area contributed by atoms with E-state index in [2.05, 4.69) is 10.1 Å². The van der Waals surface area contributed by atoms with Gasteiger partial charge < -0.3 is 10.1 Å². The van der Waals surface area contributed by atoms with E-state index in [0.717, 1.165) is 0 Å². The highest BCUT2D eigenvalue weighted by molar-refractivity contribution is 6.30. The Hall–Kier alpha value is -2.39. The molecular formula is C14H8ClF3N2O. The summed E-state index contributed by atoms with van der Waals surface area (Å²) >= 11 is 5.76. The van der Waals surface area contributed by atoms with Crippen LogP contribution >= 0.6 is 11.6 Å². The number of nitriles is 1. The first-order valence-electron chi connectivity index (χ1n) is 5.70. The summed E-state index contributed by atoms with van der Waals surface area (Å²) in [6, 6.07) is 11.9. The number of nitrogens with zero attached hydrogens (tertiary/aromatic N) is 1. The number of alkyl halides is 3. The minimum Gasteiger partial charge on any atom is -0.404 e. The third-order valence-electron chi connectivity index (χ3n) is 2.48. The molecule has 0 heterocycles. The van der Waals surface area contributed by atoms with Crippen molar-refractivity contribution in [3.05, 3.63) is 53.1 Å². The highest BCUT2D eigenvalue weighted by Gasteiger charge is 2.32. The zero-order valence-corrected chi connectivity index (χ0v) is 11.2. The summed E-state index contributed by atoms with van der Waals surface area (Å²) in [4.78, 5) is 0. The summed E-state index contributed by atoms with van der Waals surface area (Å²) in [6.07, 6.45) is -4.80.